The van der Waals surface area contributed by atoms with Crippen LogP contribution in [0.15, 0.2) is 57.2 Å². The number of benzene rings is 2. The number of amides is 2. The van der Waals surface area contributed by atoms with E-state index in [1.54, 1.807) is 29.7 Å². The van der Waals surface area contributed by atoms with Crippen LogP contribution in [-0.4, -0.2) is 35.3 Å². The summed E-state index contributed by atoms with van der Waals surface area (Å²) in [4.78, 5) is 31.4. The number of unbranched alkanes of at least 4 members (excludes halogenated alkanes) is 2. The third-order valence-electron chi connectivity index (χ3n) is 5.01. The number of hydrogen-bond acceptors (Lipinski definition) is 5. The van der Waals surface area contributed by atoms with E-state index in [0.29, 0.717) is 38.6 Å². The van der Waals surface area contributed by atoms with Crippen molar-refractivity contribution < 1.29 is 14.0 Å². The first kappa shape index (κ1) is 24.9. The van der Waals surface area contributed by atoms with Crippen molar-refractivity contribution in [2.45, 2.75) is 44.4 Å². The summed E-state index contributed by atoms with van der Waals surface area (Å²) >= 11 is 7.64. The van der Waals surface area contributed by atoms with Crippen molar-refractivity contribution >= 4 is 58.0 Å². The molecule has 0 aliphatic heterocycles. The average molecular weight is 486 g/mol. The Morgan fingerprint density at radius 3 is 2.55 bits per heavy atom. The van der Waals surface area contributed by atoms with Gasteiger partial charge in [-0.2, -0.15) is 0 Å². The molecule has 0 atom stereocenters. The summed E-state index contributed by atoms with van der Waals surface area (Å²) in [6.45, 7) is 5.68. The van der Waals surface area contributed by atoms with Crippen LogP contribution in [-0.2, 0) is 4.79 Å². The Morgan fingerprint density at radius 1 is 1.15 bits per heavy atom. The maximum absolute atomic E-state index is 12.8. The second-order valence-electron chi connectivity index (χ2n) is 7.57. The van der Waals surface area contributed by atoms with Crippen LogP contribution >= 0.6 is 23.4 Å². The van der Waals surface area contributed by atoms with Crippen LogP contribution < -0.4 is 5.32 Å². The van der Waals surface area contributed by atoms with E-state index in [9.17, 15) is 9.59 Å². The zero-order valence-electron chi connectivity index (χ0n) is 18.8. The summed E-state index contributed by atoms with van der Waals surface area (Å²) in [6, 6.07) is 12.5. The summed E-state index contributed by atoms with van der Waals surface area (Å²) in [5, 5.41) is 5.14. The number of anilines is 1. The van der Waals surface area contributed by atoms with Gasteiger partial charge in [0.05, 0.1) is 10.6 Å². The van der Waals surface area contributed by atoms with Crippen LogP contribution in [0, 0.1) is 0 Å². The largest absolute Gasteiger partial charge is 0.436 e. The highest BCUT2D eigenvalue weighted by Crippen LogP contribution is 2.33. The SMILES string of the molecule is CCCCN(CCCC)C(=O)Nc1ccc(Cl)c(SC=C(C=O)c2nc3ccccc3o2)c1. The quantitative estimate of drug-likeness (QED) is 0.176. The highest BCUT2D eigenvalue weighted by Gasteiger charge is 2.14. The molecule has 0 radical (unpaired) electrons. The fourth-order valence-electron chi connectivity index (χ4n) is 3.14. The number of nitrogens with zero attached hydrogens (tertiary/aromatic N) is 2. The van der Waals surface area contributed by atoms with Gasteiger partial charge in [-0.1, -0.05) is 62.2 Å². The number of para-hydroxylation sites is 2. The predicted molar refractivity (Wildman–Crippen MR) is 136 cm³/mol. The number of allylic oxidation sites excluding steroid dienone is 1. The molecule has 2 amide bonds. The monoisotopic (exact) mass is 485 g/mol. The average Bonchev–Trinajstić information content (AvgIpc) is 3.25. The molecule has 3 aromatic rings. The number of urea groups is 1. The Labute approximate surface area is 203 Å². The van der Waals surface area contributed by atoms with Gasteiger partial charge in [0.15, 0.2) is 11.9 Å². The van der Waals surface area contributed by atoms with Crippen molar-refractivity contribution in [3.05, 3.63) is 58.8 Å². The van der Waals surface area contributed by atoms with Crippen molar-refractivity contribution in [3.63, 3.8) is 0 Å². The van der Waals surface area contributed by atoms with Crippen molar-refractivity contribution in [1.82, 2.24) is 9.88 Å². The lowest BCUT2D eigenvalue weighted by Crippen LogP contribution is -2.36. The molecule has 1 N–H and O–H groups in total. The van der Waals surface area contributed by atoms with Crippen LogP contribution in [0.2, 0.25) is 5.02 Å². The van der Waals surface area contributed by atoms with Crippen LogP contribution in [0.4, 0.5) is 10.5 Å². The van der Waals surface area contributed by atoms with Gasteiger partial charge in [-0.3, -0.25) is 4.79 Å². The topological polar surface area (TPSA) is 75.4 Å². The Bertz CT molecular complexity index is 1090. The minimum Gasteiger partial charge on any atom is -0.436 e. The third-order valence-corrected chi connectivity index (χ3v) is 6.42. The van der Waals surface area contributed by atoms with Gasteiger partial charge >= 0.3 is 6.03 Å². The number of aromatic nitrogens is 1. The molecule has 0 saturated heterocycles. The highest BCUT2D eigenvalue weighted by molar-refractivity contribution is 8.02. The van der Waals surface area contributed by atoms with Crippen LogP contribution in [0.5, 0.6) is 0 Å². The van der Waals surface area contributed by atoms with E-state index in [0.717, 1.165) is 38.8 Å². The van der Waals surface area contributed by atoms with Crippen molar-refractivity contribution in [1.29, 1.82) is 0 Å². The number of rotatable bonds is 11. The molecule has 174 valence electrons. The van der Waals surface area contributed by atoms with E-state index in [1.165, 1.54) is 11.8 Å². The van der Waals surface area contributed by atoms with Gasteiger partial charge in [-0.05, 0) is 48.6 Å². The van der Waals surface area contributed by atoms with E-state index in [2.05, 4.69) is 24.1 Å². The number of nitrogens with one attached hydrogen (secondary N) is 1. The molecule has 1 heterocycles. The number of hydrogen-bond donors (Lipinski definition) is 1. The zero-order chi connectivity index (χ0) is 23.6. The van der Waals surface area contributed by atoms with Gasteiger partial charge < -0.3 is 14.6 Å². The van der Waals surface area contributed by atoms with E-state index in [4.69, 9.17) is 16.0 Å². The molecule has 0 bridgehead atoms. The molecular formula is C25H28ClN3O3S. The molecule has 0 unspecified atom stereocenters. The lowest BCUT2D eigenvalue weighted by Gasteiger charge is -2.23. The minimum atomic E-state index is -0.120. The highest BCUT2D eigenvalue weighted by atomic mass is 35.5. The number of aldehydes is 1. The van der Waals surface area contributed by atoms with Crippen LogP contribution in [0.1, 0.15) is 45.4 Å². The first-order valence-corrected chi connectivity index (χ1v) is 12.3. The fraction of sp³-hybridized carbons (Fsp3) is 0.320. The van der Waals surface area contributed by atoms with E-state index < -0.39 is 0 Å². The Morgan fingerprint density at radius 2 is 1.88 bits per heavy atom. The van der Waals surface area contributed by atoms with Crippen molar-refractivity contribution in [2.24, 2.45) is 0 Å². The van der Waals surface area contributed by atoms with Gasteiger partial charge in [-0.25, -0.2) is 9.78 Å². The molecule has 0 aliphatic rings. The van der Waals surface area contributed by atoms with E-state index >= 15 is 0 Å². The number of thioether (sulfide) groups is 1. The first-order chi connectivity index (χ1) is 16.0. The number of carbonyl (C=O) groups is 2. The second-order valence-corrected chi connectivity index (χ2v) is 8.88. The molecular weight excluding hydrogens is 458 g/mol. The fourth-order valence-corrected chi connectivity index (χ4v) is 4.18. The smallest absolute Gasteiger partial charge is 0.321 e. The Hall–Kier alpha value is -2.77. The number of carbonyl (C=O) groups excluding carboxylic acids is 2. The molecule has 8 heteroatoms. The standard InChI is InChI=1S/C25H28ClN3O3S/c1-3-5-13-29(14-6-4-2)25(31)27-19-11-12-20(26)23(15-19)33-17-18(16-30)24-28-21-9-7-8-10-22(21)32-24/h7-12,15-17H,3-6,13-14H2,1-2H3,(H,27,31). The summed E-state index contributed by atoms with van der Waals surface area (Å²) in [7, 11) is 0. The number of halogens is 1. The molecule has 33 heavy (non-hydrogen) atoms. The maximum Gasteiger partial charge on any atom is 0.321 e. The molecule has 1 aromatic heterocycles. The second kappa shape index (κ2) is 12.5. The van der Waals surface area contributed by atoms with Gasteiger partial charge in [0, 0.05) is 23.7 Å². The van der Waals surface area contributed by atoms with Crippen LogP contribution in [0.3, 0.4) is 0 Å². The van der Waals surface area contributed by atoms with Crippen molar-refractivity contribution in [2.75, 3.05) is 18.4 Å². The maximum atomic E-state index is 12.8. The van der Waals surface area contributed by atoms with Crippen LogP contribution in [0.25, 0.3) is 16.7 Å². The van der Waals surface area contributed by atoms with Crippen molar-refractivity contribution in [3.8, 4) is 0 Å². The lowest BCUT2D eigenvalue weighted by atomic mass is 10.2. The predicted octanol–water partition coefficient (Wildman–Crippen LogP) is 7.25. The summed E-state index contributed by atoms with van der Waals surface area (Å²) in [5.41, 5.74) is 2.26. The lowest BCUT2D eigenvalue weighted by molar-refractivity contribution is -0.103. The number of fused-ring (bicyclic) bond motifs is 1. The van der Waals surface area contributed by atoms with Gasteiger partial charge in [0.2, 0.25) is 5.89 Å². The van der Waals surface area contributed by atoms with Gasteiger partial charge in [0.25, 0.3) is 0 Å². The molecule has 6 nitrogen and oxygen atoms in total. The Balaban J connectivity index is 1.74. The zero-order valence-corrected chi connectivity index (χ0v) is 20.4. The molecule has 3 rings (SSSR count). The molecule has 0 spiro atoms. The minimum absolute atomic E-state index is 0.120. The molecule has 0 fully saturated rings. The number of oxazole rings is 1. The molecule has 0 aliphatic carbocycles. The summed E-state index contributed by atoms with van der Waals surface area (Å²) < 4.78 is 5.69. The van der Waals surface area contributed by atoms with E-state index in [1.807, 2.05) is 23.1 Å². The summed E-state index contributed by atoms with van der Waals surface area (Å²) in [5.74, 6) is 0.252. The molecule has 2 aromatic carbocycles. The Kier molecular flexibility index (Phi) is 9.39. The molecule has 0 saturated carbocycles. The third kappa shape index (κ3) is 6.85. The summed E-state index contributed by atoms with van der Waals surface area (Å²) in [6.07, 6.45) is 4.70. The van der Waals surface area contributed by atoms with Gasteiger partial charge in [-0.15, -0.1) is 0 Å². The first-order valence-electron chi connectivity index (χ1n) is 11.1. The van der Waals surface area contributed by atoms with E-state index in [-0.39, 0.29) is 11.9 Å². The normalized spacial score (nSPS) is 11.5. The van der Waals surface area contributed by atoms with Gasteiger partial charge in [0.1, 0.15) is 5.52 Å².